The minimum Gasteiger partial charge on any atom is -0.356 e. The molecule has 3 rings (SSSR count). The summed E-state index contributed by atoms with van der Waals surface area (Å²) in [4.78, 5) is 9.47. The number of hydrogen-bond acceptors (Lipinski definition) is 2. The lowest BCUT2D eigenvalue weighted by Gasteiger charge is -2.22. The van der Waals surface area contributed by atoms with Crippen LogP contribution in [0.4, 0.5) is 0 Å². The lowest BCUT2D eigenvalue weighted by atomic mass is 9.99. The first kappa shape index (κ1) is 16.3. The van der Waals surface area contributed by atoms with E-state index in [0.717, 1.165) is 25.6 Å². The van der Waals surface area contributed by atoms with Crippen molar-refractivity contribution < 1.29 is 0 Å². The summed E-state index contributed by atoms with van der Waals surface area (Å²) in [7, 11) is 1.90. The fourth-order valence-electron chi connectivity index (χ4n) is 3.79. The molecule has 2 aliphatic rings. The van der Waals surface area contributed by atoms with E-state index in [1.54, 1.807) is 0 Å². The first-order valence-corrected chi connectivity index (χ1v) is 9.09. The van der Waals surface area contributed by atoms with Crippen LogP contribution in [0.2, 0.25) is 0 Å². The van der Waals surface area contributed by atoms with Gasteiger partial charge in [-0.3, -0.25) is 4.99 Å². The van der Waals surface area contributed by atoms with E-state index >= 15 is 0 Å². The van der Waals surface area contributed by atoms with Crippen LogP contribution < -0.4 is 5.32 Å². The molecule has 0 amide bonds. The highest BCUT2D eigenvalue weighted by Gasteiger charge is 2.25. The van der Waals surface area contributed by atoms with E-state index in [9.17, 15) is 0 Å². The van der Waals surface area contributed by atoms with Crippen molar-refractivity contribution in [3.63, 3.8) is 0 Å². The van der Waals surface area contributed by atoms with Gasteiger partial charge in [0.1, 0.15) is 0 Å². The van der Waals surface area contributed by atoms with Gasteiger partial charge in [0.15, 0.2) is 5.96 Å². The van der Waals surface area contributed by atoms with Gasteiger partial charge in [0, 0.05) is 32.6 Å². The second kappa shape index (κ2) is 8.34. The topological polar surface area (TPSA) is 30.9 Å². The third-order valence-corrected chi connectivity index (χ3v) is 5.10. The third kappa shape index (κ3) is 4.47. The second-order valence-electron chi connectivity index (χ2n) is 6.72. The van der Waals surface area contributed by atoms with Crippen LogP contribution in [0.15, 0.2) is 35.3 Å². The van der Waals surface area contributed by atoms with Crippen molar-refractivity contribution in [3.8, 4) is 0 Å². The number of benzene rings is 1. The molecule has 0 radical (unpaired) electrons. The lowest BCUT2D eigenvalue weighted by Crippen LogP contribution is -2.41. The van der Waals surface area contributed by atoms with Crippen LogP contribution >= 0.6 is 0 Å². The van der Waals surface area contributed by atoms with E-state index in [1.165, 1.54) is 50.9 Å². The van der Waals surface area contributed by atoms with Crippen LogP contribution in [0.5, 0.6) is 0 Å². The Bertz CT molecular complexity index is 493. The Labute approximate surface area is 140 Å². The smallest absolute Gasteiger partial charge is 0.193 e. The zero-order valence-corrected chi connectivity index (χ0v) is 14.4. The van der Waals surface area contributed by atoms with Crippen molar-refractivity contribution in [2.75, 3.05) is 46.3 Å². The first-order valence-electron chi connectivity index (χ1n) is 9.09. The van der Waals surface area contributed by atoms with E-state index in [2.05, 4.69) is 50.4 Å². The summed E-state index contributed by atoms with van der Waals surface area (Å²) in [5.74, 6) is 1.71. The monoisotopic (exact) mass is 314 g/mol. The Morgan fingerprint density at radius 1 is 1.17 bits per heavy atom. The highest BCUT2D eigenvalue weighted by atomic mass is 15.3. The van der Waals surface area contributed by atoms with E-state index in [4.69, 9.17) is 0 Å². The Hall–Kier alpha value is -1.55. The maximum atomic E-state index is 4.49. The standard InChI is InChI=1S/C19H30N4/c1-20-19(21-11-7-14-22-12-5-6-13-22)23-15-10-18(16-23)17-8-3-2-4-9-17/h2-4,8-9,18H,5-7,10-16H2,1H3,(H,20,21). The van der Waals surface area contributed by atoms with Gasteiger partial charge in [0.25, 0.3) is 0 Å². The predicted molar refractivity (Wildman–Crippen MR) is 97.0 cm³/mol. The van der Waals surface area contributed by atoms with Crippen LogP contribution in [0.25, 0.3) is 0 Å². The third-order valence-electron chi connectivity index (χ3n) is 5.10. The Balaban J connectivity index is 1.42. The van der Waals surface area contributed by atoms with E-state index in [-0.39, 0.29) is 0 Å². The van der Waals surface area contributed by atoms with Crippen LogP contribution in [0.1, 0.15) is 37.2 Å². The van der Waals surface area contributed by atoms with Crippen LogP contribution in [0.3, 0.4) is 0 Å². The minimum atomic E-state index is 0.638. The number of rotatable bonds is 5. The molecular formula is C19H30N4. The Kier molecular flexibility index (Phi) is 5.92. The van der Waals surface area contributed by atoms with Gasteiger partial charge in [-0.15, -0.1) is 0 Å². The summed E-state index contributed by atoms with van der Waals surface area (Å²) >= 11 is 0. The van der Waals surface area contributed by atoms with Gasteiger partial charge in [-0.2, -0.15) is 0 Å². The van der Waals surface area contributed by atoms with Crippen molar-refractivity contribution >= 4 is 5.96 Å². The average Bonchev–Trinajstić information content (AvgIpc) is 3.27. The first-order chi connectivity index (χ1) is 11.4. The van der Waals surface area contributed by atoms with E-state index < -0.39 is 0 Å². The normalized spacial score (nSPS) is 22.7. The number of guanidine groups is 1. The highest BCUT2D eigenvalue weighted by molar-refractivity contribution is 5.80. The zero-order chi connectivity index (χ0) is 15.9. The van der Waals surface area contributed by atoms with Gasteiger partial charge < -0.3 is 15.1 Å². The average molecular weight is 314 g/mol. The van der Waals surface area contributed by atoms with Gasteiger partial charge in [-0.25, -0.2) is 0 Å². The molecule has 2 aliphatic heterocycles. The van der Waals surface area contributed by atoms with Crippen LogP contribution in [-0.4, -0.2) is 62.1 Å². The largest absolute Gasteiger partial charge is 0.356 e. The summed E-state index contributed by atoms with van der Waals surface area (Å²) < 4.78 is 0. The van der Waals surface area contributed by atoms with Gasteiger partial charge in [-0.05, 0) is 50.9 Å². The van der Waals surface area contributed by atoms with E-state index in [0.29, 0.717) is 5.92 Å². The fraction of sp³-hybridized carbons (Fsp3) is 0.632. The van der Waals surface area contributed by atoms with Crippen LogP contribution in [0, 0.1) is 0 Å². The molecule has 0 aliphatic carbocycles. The molecule has 1 atom stereocenters. The molecular weight excluding hydrogens is 284 g/mol. The molecule has 4 heteroatoms. The summed E-state index contributed by atoms with van der Waals surface area (Å²) in [6, 6.07) is 10.9. The summed E-state index contributed by atoms with van der Waals surface area (Å²) in [5, 5.41) is 3.56. The molecule has 2 heterocycles. The number of hydrogen-bond donors (Lipinski definition) is 1. The fourth-order valence-corrected chi connectivity index (χ4v) is 3.79. The quantitative estimate of drug-likeness (QED) is 0.515. The molecule has 1 unspecified atom stereocenters. The van der Waals surface area contributed by atoms with Gasteiger partial charge in [-0.1, -0.05) is 30.3 Å². The molecule has 4 nitrogen and oxygen atoms in total. The van der Waals surface area contributed by atoms with Crippen molar-refractivity contribution in [2.45, 2.75) is 31.6 Å². The number of aliphatic imine (C=N–C) groups is 1. The molecule has 1 aromatic carbocycles. The molecule has 0 aromatic heterocycles. The predicted octanol–water partition coefficient (Wildman–Crippen LogP) is 2.54. The summed E-state index contributed by atoms with van der Waals surface area (Å²) in [6.07, 6.45) is 5.18. The maximum Gasteiger partial charge on any atom is 0.193 e. The molecule has 23 heavy (non-hydrogen) atoms. The SMILES string of the molecule is CN=C(NCCCN1CCCC1)N1CCC(c2ccccc2)C1. The summed E-state index contributed by atoms with van der Waals surface area (Å²) in [5.41, 5.74) is 1.46. The van der Waals surface area contributed by atoms with E-state index in [1.807, 2.05) is 7.05 Å². The van der Waals surface area contributed by atoms with Gasteiger partial charge in [0.05, 0.1) is 0 Å². The number of nitrogens with zero attached hydrogens (tertiary/aromatic N) is 3. The lowest BCUT2D eigenvalue weighted by molar-refractivity contribution is 0.333. The zero-order valence-electron chi connectivity index (χ0n) is 14.4. The Morgan fingerprint density at radius 3 is 2.70 bits per heavy atom. The Morgan fingerprint density at radius 2 is 1.96 bits per heavy atom. The number of nitrogens with one attached hydrogen (secondary N) is 1. The number of likely N-dealkylation sites (tertiary alicyclic amines) is 2. The second-order valence-corrected chi connectivity index (χ2v) is 6.72. The molecule has 1 N–H and O–H groups in total. The minimum absolute atomic E-state index is 0.638. The van der Waals surface area contributed by atoms with Crippen molar-refractivity contribution in [1.29, 1.82) is 0 Å². The summed E-state index contributed by atoms with van der Waals surface area (Å²) in [6.45, 7) is 7.01. The molecule has 1 aromatic rings. The van der Waals surface area contributed by atoms with Crippen molar-refractivity contribution in [1.82, 2.24) is 15.1 Å². The van der Waals surface area contributed by atoms with Gasteiger partial charge in [0.2, 0.25) is 0 Å². The molecule has 0 saturated carbocycles. The molecule has 2 saturated heterocycles. The van der Waals surface area contributed by atoms with Crippen molar-refractivity contribution in [3.05, 3.63) is 35.9 Å². The molecule has 126 valence electrons. The van der Waals surface area contributed by atoms with Gasteiger partial charge >= 0.3 is 0 Å². The van der Waals surface area contributed by atoms with Crippen molar-refractivity contribution in [2.24, 2.45) is 4.99 Å². The highest BCUT2D eigenvalue weighted by Crippen LogP contribution is 2.26. The molecule has 0 bridgehead atoms. The molecule has 0 spiro atoms. The molecule has 2 fully saturated rings. The van der Waals surface area contributed by atoms with Crippen LogP contribution in [-0.2, 0) is 0 Å². The maximum absolute atomic E-state index is 4.49.